The van der Waals surface area contributed by atoms with Gasteiger partial charge in [-0.15, -0.1) is 0 Å². The SMILES string of the molecule is Cc1ccc(OCc2ccc(Cl)nc2)cc1F. The van der Waals surface area contributed by atoms with Crippen LogP contribution < -0.4 is 4.74 Å². The number of ether oxygens (including phenoxy) is 1. The third-order valence-corrected chi connectivity index (χ3v) is 2.56. The summed E-state index contributed by atoms with van der Waals surface area (Å²) in [5, 5.41) is 0.440. The van der Waals surface area contributed by atoms with Crippen molar-refractivity contribution in [3.8, 4) is 5.75 Å². The second kappa shape index (κ2) is 5.15. The molecule has 1 aromatic heterocycles. The Kier molecular flexibility index (Phi) is 3.59. The van der Waals surface area contributed by atoms with Crippen LogP contribution in [0.4, 0.5) is 4.39 Å². The number of rotatable bonds is 3. The minimum Gasteiger partial charge on any atom is -0.489 e. The van der Waals surface area contributed by atoms with Crippen molar-refractivity contribution >= 4 is 11.6 Å². The van der Waals surface area contributed by atoms with Crippen molar-refractivity contribution in [2.45, 2.75) is 13.5 Å². The van der Waals surface area contributed by atoms with Crippen LogP contribution in [0.1, 0.15) is 11.1 Å². The van der Waals surface area contributed by atoms with E-state index in [0.717, 1.165) is 5.56 Å². The lowest BCUT2D eigenvalue weighted by atomic mass is 10.2. The smallest absolute Gasteiger partial charge is 0.129 e. The zero-order valence-corrected chi connectivity index (χ0v) is 10.0. The molecule has 1 heterocycles. The Morgan fingerprint density at radius 3 is 2.76 bits per heavy atom. The molecule has 0 N–H and O–H groups in total. The zero-order chi connectivity index (χ0) is 12.3. The lowest BCUT2D eigenvalue weighted by molar-refractivity contribution is 0.304. The van der Waals surface area contributed by atoms with E-state index in [1.165, 1.54) is 6.07 Å². The second-order valence-corrected chi connectivity index (χ2v) is 4.08. The van der Waals surface area contributed by atoms with Gasteiger partial charge in [0.2, 0.25) is 0 Å². The maximum absolute atomic E-state index is 13.2. The van der Waals surface area contributed by atoms with Crippen molar-refractivity contribution in [1.82, 2.24) is 4.98 Å². The lowest BCUT2D eigenvalue weighted by Gasteiger charge is -2.06. The fourth-order valence-corrected chi connectivity index (χ4v) is 1.43. The van der Waals surface area contributed by atoms with E-state index in [1.807, 2.05) is 6.07 Å². The Morgan fingerprint density at radius 2 is 2.12 bits per heavy atom. The van der Waals surface area contributed by atoms with E-state index >= 15 is 0 Å². The van der Waals surface area contributed by atoms with Gasteiger partial charge in [0.15, 0.2) is 0 Å². The molecule has 0 amide bonds. The highest BCUT2D eigenvalue weighted by Crippen LogP contribution is 2.17. The summed E-state index contributed by atoms with van der Waals surface area (Å²) < 4.78 is 18.7. The summed E-state index contributed by atoms with van der Waals surface area (Å²) in [6.45, 7) is 2.05. The van der Waals surface area contributed by atoms with E-state index in [1.54, 1.807) is 31.3 Å². The van der Waals surface area contributed by atoms with Crippen LogP contribution in [0.15, 0.2) is 36.5 Å². The van der Waals surface area contributed by atoms with Gasteiger partial charge in [0, 0.05) is 17.8 Å². The number of nitrogens with zero attached hydrogens (tertiary/aromatic N) is 1. The lowest BCUT2D eigenvalue weighted by Crippen LogP contribution is -1.96. The van der Waals surface area contributed by atoms with Crippen LogP contribution in [0.2, 0.25) is 5.15 Å². The van der Waals surface area contributed by atoms with Gasteiger partial charge in [0.1, 0.15) is 23.3 Å². The van der Waals surface area contributed by atoms with E-state index in [9.17, 15) is 4.39 Å². The molecule has 0 fully saturated rings. The van der Waals surface area contributed by atoms with Crippen LogP contribution in [-0.2, 0) is 6.61 Å². The Morgan fingerprint density at radius 1 is 1.29 bits per heavy atom. The number of benzene rings is 1. The summed E-state index contributed by atoms with van der Waals surface area (Å²) in [5.41, 5.74) is 1.49. The minimum absolute atomic E-state index is 0.267. The molecule has 1 aromatic carbocycles. The minimum atomic E-state index is -0.267. The monoisotopic (exact) mass is 251 g/mol. The summed E-state index contributed by atoms with van der Waals surface area (Å²) >= 11 is 5.67. The largest absolute Gasteiger partial charge is 0.489 e. The van der Waals surface area contributed by atoms with Gasteiger partial charge in [-0.05, 0) is 24.6 Å². The molecule has 2 rings (SSSR count). The third kappa shape index (κ3) is 3.17. The highest BCUT2D eigenvalue weighted by atomic mass is 35.5. The molecule has 0 spiro atoms. The predicted octanol–water partition coefficient (Wildman–Crippen LogP) is 3.76. The molecule has 0 radical (unpaired) electrons. The molecule has 0 aliphatic carbocycles. The van der Waals surface area contributed by atoms with Gasteiger partial charge in [-0.3, -0.25) is 0 Å². The average molecular weight is 252 g/mol. The van der Waals surface area contributed by atoms with Gasteiger partial charge in [-0.2, -0.15) is 0 Å². The van der Waals surface area contributed by atoms with Crippen molar-refractivity contribution in [2.75, 3.05) is 0 Å². The molecule has 0 aliphatic heterocycles. The van der Waals surface area contributed by atoms with Crippen LogP contribution in [0.3, 0.4) is 0 Å². The first-order valence-corrected chi connectivity index (χ1v) is 5.52. The second-order valence-electron chi connectivity index (χ2n) is 3.69. The highest BCUT2D eigenvalue weighted by Gasteiger charge is 2.01. The van der Waals surface area contributed by atoms with Gasteiger partial charge in [-0.25, -0.2) is 9.37 Å². The third-order valence-electron chi connectivity index (χ3n) is 2.34. The first kappa shape index (κ1) is 11.9. The molecule has 0 unspecified atom stereocenters. The Labute approximate surface area is 104 Å². The van der Waals surface area contributed by atoms with Crippen LogP contribution in [-0.4, -0.2) is 4.98 Å². The van der Waals surface area contributed by atoms with Crippen LogP contribution in [0, 0.1) is 12.7 Å². The van der Waals surface area contributed by atoms with Crippen molar-refractivity contribution in [1.29, 1.82) is 0 Å². The number of pyridine rings is 1. The molecule has 2 nitrogen and oxygen atoms in total. The highest BCUT2D eigenvalue weighted by molar-refractivity contribution is 6.29. The van der Waals surface area contributed by atoms with E-state index < -0.39 is 0 Å². The molecule has 0 saturated carbocycles. The summed E-state index contributed by atoms with van der Waals surface area (Å²) in [5.74, 6) is 0.236. The van der Waals surface area contributed by atoms with Gasteiger partial charge in [0.25, 0.3) is 0 Å². The maximum Gasteiger partial charge on any atom is 0.129 e. The molecule has 2 aromatic rings. The topological polar surface area (TPSA) is 22.1 Å². The molecular formula is C13H11ClFNO. The predicted molar refractivity (Wildman–Crippen MR) is 64.7 cm³/mol. The number of hydrogen-bond donors (Lipinski definition) is 0. The number of halogens is 2. The van der Waals surface area contributed by atoms with Gasteiger partial charge in [0.05, 0.1) is 0 Å². The van der Waals surface area contributed by atoms with E-state index in [-0.39, 0.29) is 5.82 Å². The Bertz CT molecular complexity index is 513. The van der Waals surface area contributed by atoms with Crippen LogP contribution in [0.25, 0.3) is 0 Å². The summed E-state index contributed by atoms with van der Waals surface area (Å²) in [6.07, 6.45) is 1.63. The quantitative estimate of drug-likeness (QED) is 0.775. The fourth-order valence-electron chi connectivity index (χ4n) is 1.32. The number of hydrogen-bond acceptors (Lipinski definition) is 2. The van der Waals surface area contributed by atoms with Gasteiger partial charge < -0.3 is 4.74 Å². The van der Waals surface area contributed by atoms with Crippen molar-refractivity contribution in [3.63, 3.8) is 0 Å². The van der Waals surface area contributed by atoms with Crippen LogP contribution in [0.5, 0.6) is 5.75 Å². The van der Waals surface area contributed by atoms with Gasteiger partial charge >= 0.3 is 0 Å². The van der Waals surface area contributed by atoms with E-state index in [4.69, 9.17) is 16.3 Å². The number of aromatic nitrogens is 1. The first-order chi connectivity index (χ1) is 8.15. The van der Waals surface area contributed by atoms with E-state index in [0.29, 0.717) is 23.1 Å². The first-order valence-electron chi connectivity index (χ1n) is 5.14. The Balaban J connectivity index is 2.02. The Hall–Kier alpha value is -1.61. The van der Waals surface area contributed by atoms with Crippen molar-refractivity contribution < 1.29 is 9.13 Å². The van der Waals surface area contributed by atoms with E-state index in [2.05, 4.69) is 4.98 Å². The van der Waals surface area contributed by atoms with Crippen LogP contribution >= 0.6 is 11.6 Å². The molecular weight excluding hydrogens is 241 g/mol. The maximum atomic E-state index is 13.2. The molecule has 0 aliphatic rings. The molecule has 0 saturated heterocycles. The fraction of sp³-hybridized carbons (Fsp3) is 0.154. The average Bonchev–Trinajstić information content (AvgIpc) is 2.33. The molecule has 0 atom stereocenters. The standard InChI is InChI=1S/C13H11ClFNO/c1-9-2-4-11(6-12(9)15)17-8-10-3-5-13(14)16-7-10/h2-7H,8H2,1H3. The van der Waals surface area contributed by atoms with Crippen molar-refractivity contribution in [2.24, 2.45) is 0 Å². The summed E-state index contributed by atoms with van der Waals surface area (Å²) in [7, 11) is 0. The zero-order valence-electron chi connectivity index (χ0n) is 9.28. The molecule has 88 valence electrons. The van der Waals surface area contributed by atoms with Crippen molar-refractivity contribution in [3.05, 3.63) is 58.6 Å². The molecule has 4 heteroatoms. The summed E-state index contributed by atoms with van der Waals surface area (Å²) in [4.78, 5) is 3.93. The summed E-state index contributed by atoms with van der Waals surface area (Å²) in [6, 6.07) is 8.31. The van der Waals surface area contributed by atoms with Gasteiger partial charge in [-0.1, -0.05) is 23.7 Å². The number of aryl methyl sites for hydroxylation is 1. The normalized spacial score (nSPS) is 10.3. The molecule has 0 bridgehead atoms. The molecule has 17 heavy (non-hydrogen) atoms.